The normalized spacial score (nSPS) is 14.7. The summed E-state index contributed by atoms with van der Waals surface area (Å²) in [6.07, 6.45) is 1.44. The molecule has 4 rings (SSSR count). The molecule has 2 aromatic carbocycles. The summed E-state index contributed by atoms with van der Waals surface area (Å²) in [5.74, 6) is 2.19. The minimum atomic E-state index is -0.605. The molecule has 0 saturated carbocycles. The number of para-hydroxylation sites is 2. The molecule has 0 radical (unpaired) electrons. The second-order valence-electron chi connectivity index (χ2n) is 7.44. The van der Waals surface area contributed by atoms with Crippen molar-refractivity contribution in [2.24, 2.45) is 0 Å². The van der Waals surface area contributed by atoms with Crippen LogP contribution in [0.25, 0.3) is 0 Å². The van der Waals surface area contributed by atoms with Gasteiger partial charge in [0.15, 0.2) is 11.5 Å². The molecule has 1 unspecified atom stereocenters. The molecular weight excluding hydrogens is 438 g/mol. The number of anilines is 2. The molecule has 0 spiro atoms. The Hall–Kier alpha value is -4.21. The molecule has 1 aliphatic rings. The first-order valence-corrected chi connectivity index (χ1v) is 10.7. The first-order chi connectivity index (χ1) is 16.5. The van der Waals surface area contributed by atoms with Crippen LogP contribution in [0, 0.1) is 0 Å². The van der Waals surface area contributed by atoms with E-state index in [1.165, 1.54) is 6.33 Å². The van der Waals surface area contributed by atoms with Gasteiger partial charge in [-0.2, -0.15) is 10.1 Å². The summed E-state index contributed by atoms with van der Waals surface area (Å²) in [5, 5.41) is 10.5. The van der Waals surface area contributed by atoms with Crippen LogP contribution >= 0.6 is 0 Å². The molecule has 34 heavy (non-hydrogen) atoms. The molecule has 10 heteroatoms. The van der Waals surface area contributed by atoms with E-state index in [0.29, 0.717) is 58.1 Å². The van der Waals surface area contributed by atoms with Gasteiger partial charge in [0.1, 0.15) is 18.1 Å². The molecule has 1 amide bonds. The lowest BCUT2D eigenvalue weighted by molar-refractivity contribution is -0.113. The van der Waals surface area contributed by atoms with Crippen LogP contribution in [0.15, 0.2) is 54.0 Å². The second-order valence-corrected chi connectivity index (χ2v) is 7.44. The number of fused-ring (bicyclic) bond motifs is 1. The third-order valence-electron chi connectivity index (χ3n) is 5.48. The average molecular weight is 466 g/mol. The maximum Gasteiger partial charge on any atom is 0.255 e. The van der Waals surface area contributed by atoms with Crippen LogP contribution in [0.2, 0.25) is 0 Å². The predicted molar refractivity (Wildman–Crippen MR) is 127 cm³/mol. The third-order valence-corrected chi connectivity index (χ3v) is 5.48. The topological polar surface area (TPSA) is 109 Å². The van der Waals surface area contributed by atoms with Crippen molar-refractivity contribution in [3.63, 3.8) is 0 Å². The summed E-state index contributed by atoms with van der Waals surface area (Å²) in [6.45, 7) is 4.20. The van der Waals surface area contributed by atoms with Crippen molar-refractivity contribution in [1.82, 2.24) is 14.8 Å². The number of hydrogen-bond acceptors (Lipinski definition) is 8. The Morgan fingerprint density at radius 1 is 1.09 bits per heavy atom. The lowest BCUT2D eigenvalue weighted by atomic mass is 9.94. The summed E-state index contributed by atoms with van der Waals surface area (Å²) >= 11 is 0. The van der Waals surface area contributed by atoms with E-state index in [1.807, 2.05) is 32.0 Å². The number of nitrogens with zero attached hydrogens (tertiary/aromatic N) is 3. The summed E-state index contributed by atoms with van der Waals surface area (Å²) in [4.78, 5) is 18.0. The van der Waals surface area contributed by atoms with E-state index in [2.05, 4.69) is 20.7 Å². The molecular formula is C24H27N5O5. The zero-order valence-corrected chi connectivity index (χ0v) is 19.7. The zero-order valence-electron chi connectivity index (χ0n) is 19.7. The Kier molecular flexibility index (Phi) is 6.58. The summed E-state index contributed by atoms with van der Waals surface area (Å²) in [5.41, 5.74) is 2.39. The number of amides is 1. The highest BCUT2D eigenvalue weighted by Gasteiger charge is 2.35. The van der Waals surface area contributed by atoms with E-state index in [0.717, 1.165) is 0 Å². The van der Waals surface area contributed by atoms with Gasteiger partial charge in [-0.05, 0) is 43.7 Å². The molecule has 0 bridgehead atoms. The number of rotatable bonds is 8. The van der Waals surface area contributed by atoms with E-state index in [4.69, 9.17) is 18.9 Å². The SMILES string of the molecule is CCOc1ccccc1NC(=O)C1=C(C)Nc2ncnn2C1c1cc(OC)c(OC)c(OC)c1. The predicted octanol–water partition coefficient (Wildman–Crippen LogP) is 3.63. The first kappa shape index (κ1) is 23.0. The largest absolute Gasteiger partial charge is 0.493 e. The van der Waals surface area contributed by atoms with Gasteiger partial charge in [0.05, 0.1) is 39.2 Å². The average Bonchev–Trinajstić information content (AvgIpc) is 3.31. The van der Waals surface area contributed by atoms with Crippen LogP contribution < -0.4 is 29.6 Å². The van der Waals surface area contributed by atoms with Crippen molar-refractivity contribution < 1.29 is 23.7 Å². The highest BCUT2D eigenvalue weighted by atomic mass is 16.5. The van der Waals surface area contributed by atoms with Gasteiger partial charge < -0.3 is 29.6 Å². The molecule has 1 aliphatic heterocycles. The van der Waals surface area contributed by atoms with Crippen LogP contribution in [-0.2, 0) is 4.79 Å². The van der Waals surface area contributed by atoms with Crippen LogP contribution in [-0.4, -0.2) is 48.6 Å². The summed E-state index contributed by atoms with van der Waals surface area (Å²) < 4.78 is 23.9. The minimum absolute atomic E-state index is 0.308. The van der Waals surface area contributed by atoms with Gasteiger partial charge in [-0.1, -0.05) is 12.1 Å². The molecule has 0 fully saturated rings. The molecule has 1 aromatic heterocycles. The van der Waals surface area contributed by atoms with Crippen LogP contribution in [0.4, 0.5) is 11.6 Å². The number of carbonyl (C=O) groups is 1. The number of hydrogen-bond donors (Lipinski definition) is 2. The Morgan fingerprint density at radius 2 is 1.79 bits per heavy atom. The van der Waals surface area contributed by atoms with Gasteiger partial charge in [0.2, 0.25) is 11.7 Å². The van der Waals surface area contributed by atoms with Gasteiger partial charge in [0.25, 0.3) is 5.91 Å². The molecule has 2 heterocycles. The number of benzene rings is 2. The van der Waals surface area contributed by atoms with Crippen molar-refractivity contribution in [3.05, 3.63) is 59.6 Å². The second kappa shape index (κ2) is 9.74. The van der Waals surface area contributed by atoms with Gasteiger partial charge in [0, 0.05) is 5.70 Å². The van der Waals surface area contributed by atoms with E-state index < -0.39 is 6.04 Å². The van der Waals surface area contributed by atoms with Crippen molar-refractivity contribution in [2.45, 2.75) is 19.9 Å². The monoisotopic (exact) mass is 465 g/mol. The van der Waals surface area contributed by atoms with Gasteiger partial charge in [-0.15, -0.1) is 0 Å². The first-order valence-electron chi connectivity index (χ1n) is 10.7. The highest BCUT2D eigenvalue weighted by molar-refractivity contribution is 6.06. The van der Waals surface area contributed by atoms with Crippen molar-refractivity contribution >= 4 is 17.5 Å². The number of nitrogens with one attached hydrogen (secondary N) is 2. The highest BCUT2D eigenvalue weighted by Crippen LogP contribution is 2.43. The van der Waals surface area contributed by atoms with Crippen LogP contribution in [0.5, 0.6) is 23.0 Å². The summed E-state index contributed by atoms with van der Waals surface area (Å²) in [6, 6.07) is 10.3. The van der Waals surface area contributed by atoms with Crippen molar-refractivity contribution in [2.75, 3.05) is 38.6 Å². The number of aromatic nitrogens is 3. The van der Waals surface area contributed by atoms with Gasteiger partial charge >= 0.3 is 0 Å². The number of allylic oxidation sites excluding steroid dienone is 1. The Labute approximate surface area is 197 Å². The van der Waals surface area contributed by atoms with Crippen molar-refractivity contribution in [3.8, 4) is 23.0 Å². The van der Waals surface area contributed by atoms with Crippen LogP contribution in [0.1, 0.15) is 25.5 Å². The molecule has 178 valence electrons. The fourth-order valence-electron chi connectivity index (χ4n) is 3.99. The van der Waals surface area contributed by atoms with E-state index >= 15 is 0 Å². The Bertz CT molecular complexity index is 1210. The number of carbonyl (C=O) groups excluding carboxylic acids is 1. The fourth-order valence-corrected chi connectivity index (χ4v) is 3.99. The lowest BCUT2D eigenvalue weighted by Crippen LogP contribution is -2.31. The Balaban J connectivity index is 1.82. The van der Waals surface area contributed by atoms with E-state index in [9.17, 15) is 4.79 Å². The lowest BCUT2D eigenvalue weighted by Gasteiger charge is -2.29. The quantitative estimate of drug-likeness (QED) is 0.519. The minimum Gasteiger partial charge on any atom is -0.493 e. The maximum absolute atomic E-state index is 13.7. The fraction of sp³-hybridized carbons (Fsp3) is 0.292. The van der Waals surface area contributed by atoms with Crippen molar-refractivity contribution in [1.29, 1.82) is 0 Å². The molecule has 10 nitrogen and oxygen atoms in total. The number of methoxy groups -OCH3 is 3. The zero-order chi connectivity index (χ0) is 24.2. The summed E-state index contributed by atoms with van der Waals surface area (Å²) in [7, 11) is 4.63. The van der Waals surface area contributed by atoms with E-state index in [1.54, 1.807) is 44.2 Å². The molecule has 2 N–H and O–H groups in total. The molecule has 0 aliphatic carbocycles. The molecule has 1 atom stereocenters. The third kappa shape index (κ3) is 4.09. The van der Waals surface area contributed by atoms with Gasteiger partial charge in [-0.3, -0.25) is 4.79 Å². The molecule has 0 saturated heterocycles. The molecule has 3 aromatic rings. The smallest absolute Gasteiger partial charge is 0.255 e. The van der Waals surface area contributed by atoms with Crippen LogP contribution in [0.3, 0.4) is 0 Å². The standard InChI is InChI=1S/C24H27N5O5/c1-6-34-17-10-8-7-9-16(17)28-23(30)20-14(2)27-24-25-13-26-29(24)21(20)15-11-18(31-3)22(33-5)19(12-15)32-4/h7-13,21H,6H2,1-5H3,(H,28,30)(H,25,26,27). The van der Waals surface area contributed by atoms with Gasteiger partial charge in [-0.25, -0.2) is 4.68 Å². The number of ether oxygens (including phenoxy) is 4. The van der Waals surface area contributed by atoms with E-state index in [-0.39, 0.29) is 5.91 Å². The Morgan fingerprint density at radius 3 is 2.44 bits per heavy atom. The maximum atomic E-state index is 13.7.